The molecule has 20 heavy (non-hydrogen) atoms. The second-order valence-corrected chi connectivity index (χ2v) is 4.61. The van der Waals surface area contributed by atoms with Gasteiger partial charge in [-0.15, -0.1) is 0 Å². The van der Waals surface area contributed by atoms with Gasteiger partial charge >= 0.3 is 0 Å². The molecule has 1 aromatic heterocycles. The first-order valence-electron chi connectivity index (χ1n) is 6.27. The van der Waals surface area contributed by atoms with Crippen molar-refractivity contribution in [2.24, 2.45) is 5.73 Å². The van der Waals surface area contributed by atoms with Crippen molar-refractivity contribution < 1.29 is 13.5 Å². The van der Waals surface area contributed by atoms with Crippen LogP contribution in [0.5, 0.6) is 5.88 Å². The number of rotatable bonds is 5. The Morgan fingerprint density at radius 1 is 1.20 bits per heavy atom. The van der Waals surface area contributed by atoms with Crippen LogP contribution in [0.1, 0.15) is 11.1 Å². The van der Waals surface area contributed by atoms with Crippen molar-refractivity contribution in [2.75, 3.05) is 7.11 Å². The first kappa shape index (κ1) is 14.4. The first-order valence-corrected chi connectivity index (χ1v) is 6.27. The number of ether oxygens (including phenoxy) is 1. The number of aromatic nitrogens is 1. The highest BCUT2D eigenvalue weighted by molar-refractivity contribution is 5.22. The number of nitrogens with two attached hydrogens (primary N) is 1. The van der Waals surface area contributed by atoms with E-state index in [0.29, 0.717) is 24.3 Å². The van der Waals surface area contributed by atoms with Crippen LogP contribution in [-0.4, -0.2) is 18.1 Å². The molecule has 0 amide bonds. The molecule has 3 nitrogen and oxygen atoms in total. The maximum Gasteiger partial charge on any atom is 0.212 e. The van der Waals surface area contributed by atoms with Gasteiger partial charge < -0.3 is 10.5 Å². The fraction of sp³-hybridized carbons (Fsp3) is 0.267. The van der Waals surface area contributed by atoms with E-state index in [0.717, 1.165) is 11.6 Å². The van der Waals surface area contributed by atoms with Crippen molar-refractivity contribution in [3.05, 3.63) is 59.3 Å². The number of pyridine rings is 1. The van der Waals surface area contributed by atoms with Crippen molar-refractivity contribution in [3.8, 4) is 5.88 Å². The van der Waals surface area contributed by atoms with Crippen LogP contribution in [0, 0.1) is 11.6 Å². The molecule has 0 radical (unpaired) electrons. The Morgan fingerprint density at radius 2 is 2.00 bits per heavy atom. The van der Waals surface area contributed by atoms with Crippen molar-refractivity contribution in [1.82, 2.24) is 4.98 Å². The van der Waals surface area contributed by atoms with Crippen LogP contribution in [0.3, 0.4) is 0 Å². The second kappa shape index (κ2) is 6.43. The van der Waals surface area contributed by atoms with Crippen molar-refractivity contribution in [3.63, 3.8) is 0 Å². The number of nitrogens with zero attached hydrogens (tertiary/aromatic N) is 1. The summed E-state index contributed by atoms with van der Waals surface area (Å²) in [6.45, 7) is 0. The molecular weight excluding hydrogens is 262 g/mol. The first-order chi connectivity index (χ1) is 9.58. The van der Waals surface area contributed by atoms with Crippen molar-refractivity contribution in [1.29, 1.82) is 0 Å². The molecule has 0 fully saturated rings. The summed E-state index contributed by atoms with van der Waals surface area (Å²) in [4.78, 5) is 4.08. The number of hydrogen-bond acceptors (Lipinski definition) is 3. The highest BCUT2D eigenvalue weighted by Crippen LogP contribution is 2.14. The van der Waals surface area contributed by atoms with Crippen LogP contribution in [0.2, 0.25) is 0 Å². The third-order valence-corrected chi connectivity index (χ3v) is 3.00. The Balaban J connectivity index is 1.99. The minimum atomic E-state index is -0.584. The molecular formula is C15H16F2N2O. The average molecular weight is 278 g/mol. The minimum absolute atomic E-state index is 0.259. The van der Waals surface area contributed by atoms with E-state index >= 15 is 0 Å². The molecule has 0 spiro atoms. The third kappa shape index (κ3) is 3.74. The zero-order chi connectivity index (χ0) is 14.5. The summed E-state index contributed by atoms with van der Waals surface area (Å²) in [6.07, 6.45) is 2.59. The molecule has 0 saturated heterocycles. The average Bonchev–Trinajstić information content (AvgIpc) is 2.43. The molecule has 0 aliphatic heterocycles. The van der Waals surface area contributed by atoms with E-state index in [1.807, 2.05) is 6.07 Å². The molecule has 0 aliphatic carbocycles. The summed E-state index contributed by atoms with van der Waals surface area (Å²) >= 11 is 0. The molecule has 1 aromatic carbocycles. The molecule has 2 aromatic rings. The Kier molecular flexibility index (Phi) is 4.63. The Hall–Kier alpha value is -2.01. The van der Waals surface area contributed by atoms with Crippen LogP contribution < -0.4 is 10.5 Å². The van der Waals surface area contributed by atoms with Gasteiger partial charge in [-0.2, -0.15) is 0 Å². The minimum Gasteiger partial charge on any atom is -0.481 e. The van der Waals surface area contributed by atoms with E-state index in [1.54, 1.807) is 19.4 Å². The van der Waals surface area contributed by atoms with Gasteiger partial charge in [0, 0.05) is 24.4 Å². The number of benzene rings is 1. The zero-order valence-electron chi connectivity index (χ0n) is 11.1. The van der Waals surface area contributed by atoms with E-state index < -0.39 is 11.6 Å². The largest absolute Gasteiger partial charge is 0.481 e. The SMILES string of the molecule is COc1ccc(CC(N)Cc2ccc(F)cc2F)cn1. The van der Waals surface area contributed by atoms with Crippen LogP contribution in [-0.2, 0) is 12.8 Å². The normalized spacial score (nSPS) is 12.2. The monoisotopic (exact) mass is 278 g/mol. The summed E-state index contributed by atoms with van der Waals surface area (Å²) in [5.41, 5.74) is 7.36. The summed E-state index contributed by atoms with van der Waals surface area (Å²) < 4.78 is 31.3. The summed E-state index contributed by atoms with van der Waals surface area (Å²) in [5.74, 6) is -0.612. The molecule has 0 saturated carbocycles. The fourth-order valence-corrected chi connectivity index (χ4v) is 2.00. The van der Waals surface area contributed by atoms with Gasteiger partial charge in [-0.1, -0.05) is 12.1 Å². The Labute approximate surface area is 116 Å². The Bertz CT molecular complexity index is 573. The lowest BCUT2D eigenvalue weighted by Crippen LogP contribution is -2.26. The van der Waals surface area contributed by atoms with E-state index in [-0.39, 0.29) is 6.04 Å². The predicted octanol–water partition coefficient (Wildman–Crippen LogP) is 2.48. The summed E-state index contributed by atoms with van der Waals surface area (Å²) in [7, 11) is 1.55. The second-order valence-electron chi connectivity index (χ2n) is 4.61. The quantitative estimate of drug-likeness (QED) is 0.914. The molecule has 106 valence electrons. The maximum absolute atomic E-state index is 13.5. The van der Waals surface area contributed by atoms with Crippen LogP contribution in [0.4, 0.5) is 8.78 Å². The van der Waals surface area contributed by atoms with E-state index in [4.69, 9.17) is 10.5 Å². The summed E-state index contributed by atoms with van der Waals surface area (Å²) in [5, 5.41) is 0. The van der Waals surface area contributed by atoms with Gasteiger partial charge in [0.15, 0.2) is 0 Å². The number of methoxy groups -OCH3 is 1. The summed E-state index contributed by atoms with van der Waals surface area (Å²) in [6, 6.07) is 6.89. The standard InChI is InChI=1S/C15H16F2N2O/c1-20-15-5-2-10(9-19-15)6-13(18)7-11-3-4-12(16)8-14(11)17/h2-5,8-9,13H,6-7,18H2,1H3. The molecule has 1 heterocycles. The lowest BCUT2D eigenvalue weighted by molar-refractivity contribution is 0.397. The van der Waals surface area contributed by atoms with E-state index in [2.05, 4.69) is 4.98 Å². The molecule has 5 heteroatoms. The van der Waals surface area contributed by atoms with Gasteiger partial charge in [0.05, 0.1) is 7.11 Å². The van der Waals surface area contributed by atoms with Crippen LogP contribution >= 0.6 is 0 Å². The molecule has 2 N–H and O–H groups in total. The topological polar surface area (TPSA) is 48.1 Å². The van der Waals surface area contributed by atoms with Gasteiger partial charge in [-0.25, -0.2) is 13.8 Å². The lowest BCUT2D eigenvalue weighted by Gasteiger charge is -2.12. The predicted molar refractivity (Wildman–Crippen MR) is 72.5 cm³/mol. The van der Waals surface area contributed by atoms with Crippen LogP contribution in [0.15, 0.2) is 36.5 Å². The molecule has 0 aliphatic rings. The number of halogens is 2. The highest BCUT2D eigenvalue weighted by atomic mass is 19.1. The van der Waals surface area contributed by atoms with Gasteiger partial charge in [0.25, 0.3) is 0 Å². The van der Waals surface area contributed by atoms with Gasteiger partial charge in [0.1, 0.15) is 11.6 Å². The zero-order valence-corrected chi connectivity index (χ0v) is 11.1. The third-order valence-electron chi connectivity index (χ3n) is 3.00. The smallest absolute Gasteiger partial charge is 0.212 e. The Morgan fingerprint density at radius 3 is 2.60 bits per heavy atom. The van der Waals surface area contributed by atoms with Gasteiger partial charge in [0.2, 0.25) is 5.88 Å². The molecule has 2 rings (SSSR count). The lowest BCUT2D eigenvalue weighted by atomic mass is 10.0. The van der Waals surface area contributed by atoms with Crippen molar-refractivity contribution in [2.45, 2.75) is 18.9 Å². The van der Waals surface area contributed by atoms with Gasteiger partial charge in [-0.3, -0.25) is 0 Å². The molecule has 1 unspecified atom stereocenters. The highest BCUT2D eigenvalue weighted by Gasteiger charge is 2.10. The van der Waals surface area contributed by atoms with E-state index in [9.17, 15) is 8.78 Å². The molecule has 1 atom stereocenters. The van der Waals surface area contributed by atoms with Crippen molar-refractivity contribution >= 4 is 0 Å². The maximum atomic E-state index is 13.5. The van der Waals surface area contributed by atoms with E-state index in [1.165, 1.54) is 12.1 Å². The number of hydrogen-bond donors (Lipinski definition) is 1. The molecule has 0 bridgehead atoms. The fourth-order valence-electron chi connectivity index (χ4n) is 2.00. The van der Waals surface area contributed by atoms with Crippen LogP contribution in [0.25, 0.3) is 0 Å². The van der Waals surface area contributed by atoms with Gasteiger partial charge in [-0.05, 0) is 30.0 Å².